The molecule has 17 heavy (non-hydrogen) atoms. The molecule has 0 bridgehead atoms. The molecule has 0 fully saturated rings. The summed E-state index contributed by atoms with van der Waals surface area (Å²) in [5.74, 6) is 5.92. The molecule has 1 aliphatic rings. The van der Waals surface area contributed by atoms with Crippen LogP contribution in [0.4, 0.5) is 0 Å². The Bertz CT molecular complexity index is 510. The molecule has 2 N–H and O–H groups in total. The summed E-state index contributed by atoms with van der Waals surface area (Å²) in [6.07, 6.45) is 5.27. The second-order valence-corrected chi connectivity index (χ2v) is 3.89. The molecule has 0 aromatic heterocycles. The lowest BCUT2D eigenvalue weighted by molar-refractivity contribution is 0.350. The summed E-state index contributed by atoms with van der Waals surface area (Å²) in [5, 5.41) is 17.9. The fraction of sp³-hybridized carbons (Fsp3) is 0.200. The van der Waals surface area contributed by atoms with Gasteiger partial charge in [-0.1, -0.05) is 30.0 Å². The van der Waals surface area contributed by atoms with E-state index in [0.717, 1.165) is 17.5 Å². The van der Waals surface area contributed by atoms with Crippen LogP contribution in [-0.4, -0.2) is 16.8 Å². The topological polar surface area (TPSA) is 40.5 Å². The molecule has 0 aliphatic heterocycles. The van der Waals surface area contributed by atoms with E-state index in [9.17, 15) is 5.11 Å². The molecule has 0 saturated heterocycles. The zero-order valence-electron chi connectivity index (χ0n) is 9.48. The molecule has 0 unspecified atom stereocenters. The predicted molar refractivity (Wildman–Crippen MR) is 68.3 cm³/mol. The Labute approximate surface area is 101 Å². The number of allylic oxidation sites excluding steroid dienone is 4. The molecule has 0 spiro atoms. The first-order valence-electron chi connectivity index (χ1n) is 5.58. The monoisotopic (exact) mass is 226 g/mol. The van der Waals surface area contributed by atoms with Crippen LogP contribution in [0.5, 0.6) is 0 Å². The maximum Gasteiger partial charge on any atom is 0.104 e. The third-order valence-corrected chi connectivity index (χ3v) is 2.69. The van der Waals surface area contributed by atoms with Crippen molar-refractivity contribution in [1.82, 2.24) is 0 Å². The van der Waals surface area contributed by atoms with E-state index in [4.69, 9.17) is 5.11 Å². The van der Waals surface area contributed by atoms with E-state index in [2.05, 4.69) is 11.8 Å². The van der Waals surface area contributed by atoms with Crippen molar-refractivity contribution in [3.05, 3.63) is 53.3 Å². The minimum Gasteiger partial charge on any atom is -0.512 e. The van der Waals surface area contributed by atoms with Crippen LogP contribution in [0.1, 0.15) is 24.0 Å². The van der Waals surface area contributed by atoms with Gasteiger partial charge >= 0.3 is 0 Å². The van der Waals surface area contributed by atoms with Crippen molar-refractivity contribution in [3.63, 3.8) is 0 Å². The largest absolute Gasteiger partial charge is 0.512 e. The van der Waals surface area contributed by atoms with E-state index in [0.29, 0.717) is 12.2 Å². The van der Waals surface area contributed by atoms with Gasteiger partial charge in [0.2, 0.25) is 0 Å². The summed E-state index contributed by atoms with van der Waals surface area (Å²) >= 11 is 0. The maximum atomic E-state index is 9.29. The molecule has 1 aromatic rings. The fourth-order valence-corrected chi connectivity index (χ4v) is 1.78. The zero-order valence-corrected chi connectivity index (χ0v) is 9.48. The number of aliphatic hydroxyl groups excluding tert-OH is 2. The van der Waals surface area contributed by atoms with Crippen LogP contribution in [0.15, 0.2) is 42.2 Å². The summed E-state index contributed by atoms with van der Waals surface area (Å²) in [6.45, 7) is -0.114. The van der Waals surface area contributed by atoms with Crippen molar-refractivity contribution >= 4 is 5.57 Å². The third-order valence-electron chi connectivity index (χ3n) is 2.69. The van der Waals surface area contributed by atoms with Crippen molar-refractivity contribution in [1.29, 1.82) is 0 Å². The highest BCUT2D eigenvalue weighted by atomic mass is 16.3. The van der Waals surface area contributed by atoms with Gasteiger partial charge in [0.25, 0.3) is 0 Å². The molecule has 1 aliphatic carbocycles. The second-order valence-electron chi connectivity index (χ2n) is 3.89. The number of hydrogen-bond donors (Lipinski definition) is 2. The Morgan fingerprint density at radius 3 is 2.41 bits per heavy atom. The van der Waals surface area contributed by atoms with Crippen molar-refractivity contribution in [2.75, 3.05) is 6.61 Å². The summed E-state index contributed by atoms with van der Waals surface area (Å²) in [5.41, 5.74) is 3.28. The van der Waals surface area contributed by atoms with Crippen molar-refractivity contribution in [2.24, 2.45) is 0 Å². The molecule has 86 valence electrons. The van der Waals surface area contributed by atoms with Crippen LogP contribution in [0.2, 0.25) is 0 Å². The normalized spacial score (nSPS) is 14.4. The SMILES string of the molecule is OCC#Cc1ccc(C2=CC=C(O)CC2)cc1. The molecule has 0 heterocycles. The van der Waals surface area contributed by atoms with Crippen molar-refractivity contribution in [2.45, 2.75) is 12.8 Å². The van der Waals surface area contributed by atoms with Gasteiger partial charge < -0.3 is 10.2 Å². The number of benzene rings is 1. The predicted octanol–water partition coefficient (Wildman–Crippen LogP) is 2.65. The van der Waals surface area contributed by atoms with E-state index in [1.807, 2.05) is 30.3 Å². The molecule has 0 radical (unpaired) electrons. The van der Waals surface area contributed by atoms with Gasteiger partial charge in [0, 0.05) is 12.0 Å². The van der Waals surface area contributed by atoms with Gasteiger partial charge in [-0.25, -0.2) is 0 Å². The average molecular weight is 226 g/mol. The molecule has 0 amide bonds. The molecule has 2 heteroatoms. The van der Waals surface area contributed by atoms with Crippen molar-refractivity contribution in [3.8, 4) is 11.8 Å². The van der Waals surface area contributed by atoms with Gasteiger partial charge in [0.1, 0.15) is 6.61 Å². The van der Waals surface area contributed by atoms with E-state index >= 15 is 0 Å². The number of hydrogen-bond acceptors (Lipinski definition) is 2. The average Bonchev–Trinajstić information content (AvgIpc) is 2.38. The van der Waals surface area contributed by atoms with E-state index in [1.165, 1.54) is 5.57 Å². The molecule has 2 nitrogen and oxygen atoms in total. The number of rotatable bonds is 1. The minimum atomic E-state index is -0.114. The first-order chi connectivity index (χ1) is 8.29. The van der Waals surface area contributed by atoms with Gasteiger partial charge in [0.05, 0.1) is 5.76 Å². The highest BCUT2D eigenvalue weighted by Crippen LogP contribution is 2.25. The molecule has 0 saturated carbocycles. The molecule has 0 atom stereocenters. The fourth-order valence-electron chi connectivity index (χ4n) is 1.78. The summed E-state index contributed by atoms with van der Waals surface area (Å²) in [4.78, 5) is 0. The summed E-state index contributed by atoms with van der Waals surface area (Å²) in [7, 11) is 0. The van der Waals surface area contributed by atoms with Gasteiger partial charge in [0.15, 0.2) is 0 Å². The van der Waals surface area contributed by atoms with E-state index in [1.54, 1.807) is 6.08 Å². The Balaban J connectivity index is 2.18. The molecule has 2 rings (SSSR count). The third kappa shape index (κ3) is 2.99. The Morgan fingerprint density at radius 1 is 1.06 bits per heavy atom. The van der Waals surface area contributed by atoms with Crippen LogP contribution in [0.25, 0.3) is 5.57 Å². The van der Waals surface area contributed by atoms with E-state index in [-0.39, 0.29) is 6.61 Å². The Hall–Kier alpha value is -1.98. The van der Waals surface area contributed by atoms with Crippen LogP contribution >= 0.6 is 0 Å². The lowest BCUT2D eigenvalue weighted by Gasteiger charge is -2.11. The van der Waals surface area contributed by atoms with Crippen LogP contribution in [0, 0.1) is 11.8 Å². The Kier molecular flexibility index (Phi) is 3.64. The van der Waals surface area contributed by atoms with Gasteiger partial charge in [-0.3, -0.25) is 0 Å². The van der Waals surface area contributed by atoms with E-state index < -0.39 is 0 Å². The molecular formula is C15H14O2. The minimum absolute atomic E-state index is 0.114. The highest BCUT2D eigenvalue weighted by Gasteiger charge is 2.06. The van der Waals surface area contributed by atoms with Crippen LogP contribution in [0.3, 0.4) is 0 Å². The second kappa shape index (κ2) is 5.38. The maximum absolute atomic E-state index is 9.29. The highest BCUT2D eigenvalue weighted by molar-refractivity contribution is 5.69. The molecule has 1 aromatic carbocycles. The first kappa shape index (κ1) is 11.5. The smallest absolute Gasteiger partial charge is 0.104 e. The molecular weight excluding hydrogens is 212 g/mol. The first-order valence-corrected chi connectivity index (χ1v) is 5.58. The zero-order chi connectivity index (χ0) is 12.1. The van der Waals surface area contributed by atoms with Crippen molar-refractivity contribution < 1.29 is 10.2 Å². The summed E-state index contributed by atoms with van der Waals surface area (Å²) in [6, 6.07) is 7.92. The van der Waals surface area contributed by atoms with Crippen LogP contribution < -0.4 is 0 Å². The lowest BCUT2D eigenvalue weighted by Crippen LogP contribution is -1.92. The number of aliphatic hydroxyl groups is 2. The quantitative estimate of drug-likeness (QED) is 0.723. The standard InChI is InChI=1S/C15H14O2/c16-11-1-2-12-3-5-13(6-4-12)14-7-9-15(17)10-8-14/h3-7,9,16-17H,8,10-11H2. The van der Waals surface area contributed by atoms with Gasteiger partial charge in [-0.2, -0.15) is 0 Å². The summed E-state index contributed by atoms with van der Waals surface area (Å²) < 4.78 is 0. The lowest BCUT2D eigenvalue weighted by atomic mass is 9.96. The van der Waals surface area contributed by atoms with Gasteiger partial charge in [-0.05, 0) is 35.8 Å². The van der Waals surface area contributed by atoms with Gasteiger partial charge in [-0.15, -0.1) is 0 Å². The Morgan fingerprint density at radius 2 is 1.82 bits per heavy atom. The van der Waals surface area contributed by atoms with Crippen LogP contribution in [-0.2, 0) is 0 Å².